The molecule has 0 amide bonds. The van der Waals surface area contributed by atoms with E-state index < -0.39 is 18.2 Å². The first kappa shape index (κ1) is 10.3. The third-order valence-corrected chi connectivity index (χ3v) is 2.29. The summed E-state index contributed by atoms with van der Waals surface area (Å²) in [5.41, 5.74) is 0.00593. The molecule has 0 aromatic heterocycles. The van der Waals surface area contributed by atoms with Gasteiger partial charge in [0, 0.05) is 11.7 Å². The quantitative estimate of drug-likeness (QED) is 0.544. The van der Waals surface area contributed by atoms with E-state index in [9.17, 15) is 17.6 Å². The molecule has 0 N–H and O–H groups in total. The van der Waals surface area contributed by atoms with Gasteiger partial charge in [-0.1, -0.05) is 0 Å². The molecule has 0 heterocycles. The van der Waals surface area contributed by atoms with Gasteiger partial charge in [-0.25, -0.2) is 4.39 Å². The summed E-state index contributed by atoms with van der Waals surface area (Å²) in [6, 6.07) is 3.91. The lowest BCUT2D eigenvalue weighted by molar-refractivity contribution is -0.130. The molecule has 0 spiro atoms. The van der Waals surface area contributed by atoms with Crippen LogP contribution in [0.3, 0.4) is 0 Å². The van der Waals surface area contributed by atoms with Gasteiger partial charge in [-0.05, 0) is 37.1 Å². The minimum Gasteiger partial charge on any atom is -0.281 e. The van der Waals surface area contributed by atoms with E-state index in [4.69, 9.17) is 0 Å². The third kappa shape index (κ3) is 2.22. The van der Waals surface area contributed by atoms with E-state index in [0.29, 0.717) is 17.7 Å². The summed E-state index contributed by atoms with van der Waals surface area (Å²) in [5.74, 6) is -0.531. The van der Waals surface area contributed by atoms with Crippen LogP contribution in [0.25, 0.3) is 0 Å². The zero-order chi connectivity index (χ0) is 11.1. The number of alkyl halides is 3. The molecule has 1 nitrogen and oxygen atoms in total. The second-order valence-electron chi connectivity index (χ2n) is 3.55. The monoisotopic (exact) mass is 219 g/mol. The summed E-state index contributed by atoms with van der Waals surface area (Å²) >= 11 is 0. The Morgan fingerprint density at radius 3 is 2.00 bits per heavy atom. The van der Waals surface area contributed by atoms with Gasteiger partial charge in [0.1, 0.15) is 5.82 Å². The molecule has 1 aliphatic carbocycles. The van der Waals surface area contributed by atoms with Crippen molar-refractivity contribution in [1.82, 2.24) is 0 Å². The average Bonchev–Trinajstić information content (AvgIpc) is 2.90. The molecule has 0 saturated heterocycles. The summed E-state index contributed by atoms with van der Waals surface area (Å²) in [4.78, 5) is 0.395. The minimum atomic E-state index is -4.39. The van der Waals surface area contributed by atoms with Crippen LogP contribution < -0.4 is 4.90 Å². The van der Waals surface area contributed by atoms with Crippen LogP contribution in [-0.2, 0) is 0 Å². The number of hydrogen-bond donors (Lipinski definition) is 0. The van der Waals surface area contributed by atoms with Gasteiger partial charge >= 0.3 is 6.30 Å². The van der Waals surface area contributed by atoms with E-state index in [1.54, 1.807) is 0 Å². The maximum atomic E-state index is 12.6. The fourth-order valence-electron chi connectivity index (χ4n) is 1.50. The maximum absolute atomic E-state index is 12.6. The zero-order valence-corrected chi connectivity index (χ0v) is 7.76. The van der Waals surface area contributed by atoms with Crippen molar-refractivity contribution in [3.8, 4) is 0 Å². The molecule has 0 bridgehead atoms. The molecule has 82 valence electrons. The lowest BCUT2D eigenvalue weighted by Crippen LogP contribution is -2.39. The summed E-state index contributed by atoms with van der Waals surface area (Å²) in [6.45, 7) is 0. The van der Waals surface area contributed by atoms with E-state index in [-0.39, 0.29) is 5.69 Å². The average molecular weight is 219 g/mol. The minimum absolute atomic E-state index is 0.00593. The number of anilines is 1. The Balaban J connectivity index is 2.28. The molecular weight excluding hydrogens is 210 g/mol. The first-order chi connectivity index (χ1) is 6.98. The smallest absolute Gasteiger partial charge is 0.281 e. The Hall–Kier alpha value is -1.26. The van der Waals surface area contributed by atoms with Crippen LogP contribution in [0.15, 0.2) is 24.3 Å². The van der Waals surface area contributed by atoms with Gasteiger partial charge in [0.25, 0.3) is 0 Å². The lowest BCUT2D eigenvalue weighted by atomic mass is 10.3. The molecule has 0 radical (unpaired) electrons. The normalized spacial score (nSPS) is 16.5. The van der Waals surface area contributed by atoms with E-state index in [2.05, 4.69) is 0 Å². The molecular formula is C10H9F4N. The highest BCUT2D eigenvalue weighted by molar-refractivity contribution is 5.49. The van der Waals surface area contributed by atoms with Crippen molar-refractivity contribution < 1.29 is 17.6 Å². The van der Waals surface area contributed by atoms with E-state index in [0.717, 1.165) is 24.3 Å². The second-order valence-corrected chi connectivity index (χ2v) is 3.55. The van der Waals surface area contributed by atoms with Gasteiger partial charge in [0.2, 0.25) is 0 Å². The molecule has 1 aromatic rings. The molecule has 15 heavy (non-hydrogen) atoms. The Bertz CT molecular complexity index is 339. The molecule has 1 saturated carbocycles. The maximum Gasteiger partial charge on any atom is 0.485 e. The first-order valence-corrected chi connectivity index (χ1v) is 4.60. The summed E-state index contributed by atoms with van der Waals surface area (Å²) in [5, 5.41) is 0. The van der Waals surface area contributed by atoms with Gasteiger partial charge in [0.15, 0.2) is 0 Å². The van der Waals surface area contributed by atoms with Crippen LogP contribution in [0.1, 0.15) is 12.8 Å². The van der Waals surface area contributed by atoms with Crippen LogP contribution in [0.4, 0.5) is 23.2 Å². The van der Waals surface area contributed by atoms with Crippen molar-refractivity contribution in [1.29, 1.82) is 0 Å². The van der Waals surface area contributed by atoms with Crippen molar-refractivity contribution in [2.24, 2.45) is 0 Å². The Labute approximate surface area is 84.3 Å². The number of hydrogen-bond acceptors (Lipinski definition) is 1. The molecule has 5 heteroatoms. The Morgan fingerprint density at radius 2 is 1.60 bits per heavy atom. The highest BCUT2D eigenvalue weighted by atomic mass is 19.4. The number of benzene rings is 1. The standard InChI is InChI=1S/C10H9F4N/c11-7-1-3-8(4-2-7)15(9-5-6-9)10(12,13)14/h1-4,9H,5-6H2. The first-order valence-electron chi connectivity index (χ1n) is 4.60. The zero-order valence-electron chi connectivity index (χ0n) is 7.76. The van der Waals surface area contributed by atoms with Gasteiger partial charge < -0.3 is 0 Å². The summed E-state index contributed by atoms with van der Waals surface area (Å²) in [6.07, 6.45) is -3.31. The highest BCUT2D eigenvalue weighted by Crippen LogP contribution is 2.39. The summed E-state index contributed by atoms with van der Waals surface area (Å²) in [7, 11) is 0. The molecule has 2 rings (SSSR count). The molecule has 1 aliphatic rings. The van der Waals surface area contributed by atoms with Gasteiger partial charge in [-0.3, -0.25) is 4.90 Å². The van der Waals surface area contributed by atoms with E-state index >= 15 is 0 Å². The number of halogens is 4. The Morgan fingerprint density at radius 1 is 1.07 bits per heavy atom. The largest absolute Gasteiger partial charge is 0.485 e. The lowest BCUT2D eigenvalue weighted by Gasteiger charge is -2.26. The van der Waals surface area contributed by atoms with E-state index in [1.807, 2.05) is 0 Å². The van der Waals surface area contributed by atoms with Gasteiger partial charge in [-0.15, -0.1) is 0 Å². The van der Waals surface area contributed by atoms with Crippen LogP contribution in [0.5, 0.6) is 0 Å². The Kier molecular flexibility index (Phi) is 2.32. The SMILES string of the molecule is Fc1ccc(N(C2CC2)C(F)(F)F)cc1. The van der Waals surface area contributed by atoms with Crippen LogP contribution in [0.2, 0.25) is 0 Å². The topological polar surface area (TPSA) is 3.24 Å². The van der Waals surface area contributed by atoms with Crippen LogP contribution in [-0.4, -0.2) is 12.3 Å². The molecule has 1 fully saturated rings. The molecule has 0 unspecified atom stereocenters. The number of nitrogens with zero attached hydrogens (tertiary/aromatic N) is 1. The fourth-order valence-corrected chi connectivity index (χ4v) is 1.50. The summed E-state index contributed by atoms with van der Waals surface area (Å²) < 4.78 is 50.5. The van der Waals surface area contributed by atoms with E-state index in [1.165, 1.54) is 0 Å². The second kappa shape index (κ2) is 3.40. The molecule has 0 atom stereocenters. The van der Waals surface area contributed by atoms with Crippen molar-refractivity contribution in [3.05, 3.63) is 30.1 Å². The van der Waals surface area contributed by atoms with Gasteiger partial charge in [-0.2, -0.15) is 13.2 Å². The van der Waals surface area contributed by atoms with Crippen molar-refractivity contribution in [3.63, 3.8) is 0 Å². The predicted octanol–water partition coefficient (Wildman–Crippen LogP) is 3.31. The fraction of sp³-hybridized carbons (Fsp3) is 0.400. The van der Waals surface area contributed by atoms with Crippen LogP contribution >= 0.6 is 0 Å². The van der Waals surface area contributed by atoms with Gasteiger partial charge in [0.05, 0.1) is 0 Å². The number of rotatable bonds is 2. The van der Waals surface area contributed by atoms with Crippen LogP contribution in [0, 0.1) is 5.82 Å². The van der Waals surface area contributed by atoms with Crippen molar-refractivity contribution >= 4 is 5.69 Å². The highest BCUT2D eigenvalue weighted by Gasteiger charge is 2.46. The van der Waals surface area contributed by atoms with Crippen molar-refractivity contribution in [2.45, 2.75) is 25.2 Å². The van der Waals surface area contributed by atoms with Crippen molar-refractivity contribution in [2.75, 3.05) is 4.90 Å². The third-order valence-electron chi connectivity index (χ3n) is 2.29. The predicted molar refractivity (Wildman–Crippen MR) is 48.0 cm³/mol. The molecule has 1 aromatic carbocycles. The molecule has 0 aliphatic heterocycles.